The second-order valence-corrected chi connectivity index (χ2v) is 3.38. The minimum absolute atomic E-state index is 0.0317. The van der Waals surface area contributed by atoms with Gasteiger partial charge in [-0.1, -0.05) is 16.7 Å². The van der Waals surface area contributed by atoms with E-state index in [1.165, 1.54) is 12.3 Å². The van der Waals surface area contributed by atoms with Gasteiger partial charge in [0.2, 0.25) is 5.89 Å². The summed E-state index contributed by atoms with van der Waals surface area (Å²) in [7, 11) is 0. The van der Waals surface area contributed by atoms with Crippen molar-refractivity contribution in [3.8, 4) is 0 Å². The third kappa shape index (κ3) is 2.34. The maximum atomic E-state index is 11.6. The number of pyridine rings is 1. The van der Waals surface area contributed by atoms with Crippen LogP contribution in [0.2, 0.25) is 5.02 Å². The van der Waals surface area contributed by atoms with E-state index in [0.29, 0.717) is 10.9 Å². The topological polar surface area (TPSA) is 80.9 Å². The molecule has 0 fully saturated rings. The number of nitrogens with one attached hydrogen (secondary N) is 1. The lowest BCUT2D eigenvalue weighted by Gasteiger charge is -1.99. The Labute approximate surface area is 95.7 Å². The average molecular weight is 239 g/mol. The molecule has 0 aromatic carbocycles. The number of anilines is 1. The fourth-order valence-corrected chi connectivity index (χ4v) is 1.20. The number of carbonyl (C=O) groups excluding carboxylic acids is 1. The highest BCUT2D eigenvalue weighted by atomic mass is 35.5. The minimum atomic E-state index is -0.453. The summed E-state index contributed by atoms with van der Waals surface area (Å²) in [6, 6.07) is 3.05. The molecule has 2 rings (SSSR count). The van der Waals surface area contributed by atoms with Gasteiger partial charge in [0.05, 0.1) is 0 Å². The molecule has 6 nitrogen and oxygen atoms in total. The molecule has 7 heteroatoms. The number of hydrogen-bond donors (Lipinski definition) is 1. The van der Waals surface area contributed by atoms with Crippen LogP contribution in [0.4, 0.5) is 6.01 Å². The number of hydrogen-bond acceptors (Lipinski definition) is 5. The second-order valence-electron chi connectivity index (χ2n) is 2.94. The third-order valence-corrected chi connectivity index (χ3v) is 1.94. The molecule has 82 valence electrons. The first-order valence-electron chi connectivity index (χ1n) is 4.38. The Hall–Kier alpha value is -1.95. The maximum Gasteiger partial charge on any atom is 0.322 e. The lowest BCUT2D eigenvalue weighted by Crippen LogP contribution is -2.13. The van der Waals surface area contributed by atoms with Crippen molar-refractivity contribution < 1.29 is 9.21 Å². The van der Waals surface area contributed by atoms with Crippen LogP contribution in [0, 0.1) is 6.92 Å². The Morgan fingerprint density at radius 3 is 2.94 bits per heavy atom. The Morgan fingerprint density at radius 2 is 2.31 bits per heavy atom. The van der Waals surface area contributed by atoms with Crippen molar-refractivity contribution in [3.63, 3.8) is 0 Å². The van der Waals surface area contributed by atoms with Gasteiger partial charge in [-0.25, -0.2) is 0 Å². The van der Waals surface area contributed by atoms with E-state index >= 15 is 0 Å². The molecular weight excluding hydrogens is 232 g/mol. The predicted octanol–water partition coefficient (Wildman–Crippen LogP) is 1.68. The first-order chi connectivity index (χ1) is 7.65. The molecule has 1 N–H and O–H groups in total. The average Bonchev–Trinajstić information content (AvgIpc) is 2.64. The van der Waals surface area contributed by atoms with E-state index in [1.807, 2.05) is 0 Å². The molecule has 16 heavy (non-hydrogen) atoms. The van der Waals surface area contributed by atoms with Gasteiger partial charge in [0.15, 0.2) is 0 Å². The molecule has 0 bridgehead atoms. The van der Waals surface area contributed by atoms with E-state index in [4.69, 9.17) is 16.0 Å². The minimum Gasteiger partial charge on any atom is -0.408 e. The van der Waals surface area contributed by atoms with Gasteiger partial charge in [-0.15, -0.1) is 5.10 Å². The number of aromatic nitrogens is 3. The summed E-state index contributed by atoms with van der Waals surface area (Å²) in [5, 5.41) is 10.0. The van der Waals surface area contributed by atoms with E-state index in [9.17, 15) is 4.79 Å². The summed E-state index contributed by atoms with van der Waals surface area (Å²) in [5.74, 6) is -0.0829. The standard InChI is InChI=1S/C9H7ClN4O2/c1-5-13-14-9(16-5)12-8(15)7-4-6(10)2-3-11-7/h2-4H,1H3,(H,12,14,15). The number of amides is 1. The van der Waals surface area contributed by atoms with Crippen molar-refractivity contribution in [1.82, 2.24) is 15.2 Å². The smallest absolute Gasteiger partial charge is 0.322 e. The lowest BCUT2D eigenvalue weighted by molar-refractivity contribution is 0.101. The third-order valence-electron chi connectivity index (χ3n) is 1.70. The van der Waals surface area contributed by atoms with Crippen molar-refractivity contribution in [1.29, 1.82) is 0 Å². The van der Waals surface area contributed by atoms with Crippen molar-refractivity contribution in [2.45, 2.75) is 6.92 Å². The quantitative estimate of drug-likeness (QED) is 0.861. The highest BCUT2D eigenvalue weighted by Gasteiger charge is 2.11. The first-order valence-corrected chi connectivity index (χ1v) is 4.76. The Kier molecular flexibility index (Phi) is 2.82. The molecule has 2 aromatic heterocycles. The normalized spacial score (nSPS) is 10.1. The number of aryl methyl sites for hydroxylation is 1. The summed E-state index contributed by atoms with van der Waals surface area (Å²) in [5.41, 5.74) is 0.184. The summed E-state index contributed by atoms with van der Waals surface area (Å²) in [6.45, 7) is 1.63. The molecule has 0 aliphatic carbocycles. The van der Waals surface area contributed by atoms with Gasteiger partial charge in [0.25, 0.3) is 5.91 Å². The largest absolute Gasteiger partial charge is 0.408 e. The molecule has 0 saturated carbocycles. The zero-order valence-corrected chi connectivity index (χ0v) is 9.02. The van der Waals surface area contributed by atoms with Gasteiger partial charge >= 0.3 is 6.01 Å². The Balaban J connectivity index is 2.14. The van der Waals surface area contributed by atoms with E-state index in [0.717, 1.165) is 0 Å². The zero-order chi connectivity index (χ0) is 11.5. The summed E-state index contributed by atoms with van der Waals surface area (Å²) in [4.78, 5) is 15.5. The van der Waals surface area contributed by atoms with Crippen LogP contribution in [0.3, 0.4) is 0 Å². The monoisotopic (exact) mass is 238 g/mol. The molecule has 0 saturated heterocycles. The van der Waals surface area contributed by atoms with E-state index in [2.05, 4.69) is 20.5 Å². The molecule has 0 atom stereocenters. The molecule has 0 unspecified atom stereocenters. The number of halogens is 1. The first kappa shape index (κ1) is 10.6. The van der Waals surface area contributed by atoms with Crippen LogP contribution in [0.5, 0.6) is 0 Å². The van der Waals surface area contributed by atoms with Gasteiger partial charge in [-0.05, 0) is 12.1 Å². The van der Waals surface area contributed by atoms with Crippen LogP contribution in [-0.2, 0) is 0 Å². The van der Waals surface area contributed by atoms with Gasteiger partial charge in [0.1, 0.15) is 5.69 Å². The fraction of sp³-hybridized carbons (Fsp3) is 0.111. The number of nitrogens with zero attached hydrogens (tertiary/aromatic N) is 3. The number of rotatable bonds is 2. The molecule has 0 spiro atoms. The summed E-state index contributed by atoms with van der Waals surface area (Å²) in [6.07, 6.45) is 1.44. The molecule has 0 aliphatic heterocycles. The van der Waals surface area contributed by atoms with Crippen LogP contribution in [0.25, 0.3) is 0 Å². The van der Waals surface area contributed by atoms with Crippen molar-refractivity contribution >= 4 is 23.5 Å². The van der Waals surface area contributed by atoms with E-state index in [1.54, 1.807) is 13.0 Å². The molecule has 0 radical (unpaired) electrons. The van der Waals surface area contributed by atoms with Crippen LogP contribution in [0.1, 0.15) is 16.4 Å². The zero-order valence-electron chi connectivity index (χ0n) is 8.27. The molecule has 2 aromatic rings. The fourth-order valence-electron chi connectivity index (χ4n) is 1.04. The van der Waals surface area contributed by atoms with Crippen LogP contribution >= 0.6 is 11.6 Å². The van der Waals surface area contributed by atoms with Gasteiger partial charge in [0, 0.05) is 18.1 Å². The highest BCUT2D eigenvalue weighted by Crippen LogP contribution is 2.10. The molecule has 0 aliphatic rings. The van der Waals surface area contributed by atoms with Crippen molar-refractivity contribution in [3.05, 3.63) is 34.9 Å². The SMILES string of the molecule is Cc1nnc(NC(=O)c2cc(Cl)ccn2)o1. The van der Waals surface area contributed by atoms with Gasteiger partial charge in [-0.2, -0.15) is 0 Å². The van der Waals surface area contributed by atoms with E-state index in [-0.39, 0.29) is 11.7 Å². The van der Waals surface area contributed by atoms with Crippen molar-refractivity contribution in [2.24, 2.45) is 0 Å². The number of carbonyl (C=O) groups is 1. The van der Waals surface area contributed by atoms with Crippen LogP contribution < -0.4 is 5.32 Å². The van der Waals surface area contributed by atoms with E-state index < -0.39 is 5.91 Å². The van der Waals surface area contributed by atoms with Gasteiger partial charge in [-0.3, -0.25) is 15.1 Å². The van der Waals surface area contributed by atoms with Crippen molar-refractivity contribution in [2.75, 3.05) is 5.32 Å². The Bertz CT molecular complexity index is 526. The summed E-state index contributed by atoms with van der Waals surface area (Å²) < 4.78 is 4.99. The molecular formula is C9H7ClN4O2. The Morgan fingerprint density at radius 1 is 1.50 bits per heavy atom. The second kappa shape index (κ2) is 4.28. The summed E-state index contributed by atoms with van der Waals surface area (Å²) >= 11 is 5.72. The van der Waals surface area contributed by atoms with Crippen LogP contribution in [-0.4, -0.2) is 21.1 Å². The predicted molar refractivity (Wildman–Crippen MR) is 56.2 cm³/mol. The highest BCUT2D eigenvalue weighted by molar-refractivity contribution is 6.30. The lowest BCUT2D eigenvalue weighted by atomic mass is 10.3. The molecule has 1 amide bonds. The van der Waals surface area contributed by atoms with Crippen LogP contribution in [0.15, 0.2) is 22.7 Å². The molecule has 2 heterocycles. The maximum absolute atomic E-state index is 11.6. The van der Waals surface area contributed by atoms with Gasteiger partial charge < -0.3 is 4.42 Å².